The molecule has 0 aliphatic carbocycles. The number of carbonyl (C=O) groups excluding carboxylic acids is 1. The third-order valence-corrected chi connectivity index (χ3v) is 6.40. The average molecular weight is 451 g/mol. The first-order chi connectivity index (χ1) is 16.0. The van der Waals surface area contributed by atoms with Gasteiger partial charge in [0.05, 0.1) is 12.3 Å². The molecule has 1 fully saturated rings. The molecule has 1 aromatic carbocycles. The first kappa shape index (κ1) is 21.6. The molecule has 0 atom stereocenters. The summed E-state index contributed by atoms with van der Waals surface area (Å²) in [7, 11) is 1.84. The minimum atomic E-state index is -0.339. The summed E-state index contributed by atoms with van der Waals surface area (Å²) < 4.78 is 28.1. The maximum atomic E-state index is 15.0. The van der Waals surface area contributed by atoms with Crippen LogP contribution in [0.1, 0.15) is 40.0 Å². The van der Waals surface area contributed by atoms with Crippen LogP contribution in [0.4, 0.5) is 4.39 Å². The lowest BCUT2D eigenvalue weighted by Crippen LogP contribution is -2.25. The van der Waals surface area contributed by atoms with E-state index in [4.69, 9.17) is 9.47 Å². The van der Waals surface area contributed by atoms with Gasteiger partial charge in [-0.2, -0.15) is 5.10 Å². The molecule has 3 aromatic rings. The highest BCUT2D eigenvalue weighted by Gasteiger charge is 2.32. The van der Waals surface area contributed by atoms with E-state index >= 15 is 0 Å². The Morgan fingerprint density at radius 1 is 1.24 bits per heavy atom. The van der Waals surface area contributed by atoms with Gasteiger partial charge >= 0.3 is 0 Å². The van der Waals surface area contributed by atoms with Crippen LogP contribution in [-0.4, -0.2) is 45.4 Å². The summed E-state index contributed by atoms with van der Waals surface area (Å²) in [5, 5.41) is 4.33. The zero-order valence-electron chi connectivity index (χ0n) is 18.9. The van der Waals surface area contributed by atoms with E-state index in [0.29, 0.717) is 36.1 Å². The Kier molecular flexibility index (Phi) is 5.85. The molecule has 0 unspecified atom stereocenters. The van der Waals surface area contributed by atoms with E-state index in [9.17, 15) is 9.18 Å². The molecule has 0 radical (unpaired) electrons. The smallest absolute Gasteiger partial charge is 0.260 e. The second kappa shape index (κ2) is 8.94. The Balaban J connectivity index is 1.30. The van der Waals surface area contributed by atoms with Crippen LogP contribution in [0.15, 0.2) is 36.7 Å². The van der Waals surface area contributed by atoms with Gasteiger partial charge in [-0.25, -0.2) is 9.37 Å². The van der Waals surface area contributed by atoms with Crippen LogP contribution in [-0.2, 0) is 24.9 Å². The average Bonchev–Trinajstić information content (AvgIpc) is 3.32. The lowest BCUT2D eigenvalue weighted by molar-refractivity contribution is 0.0486. The third-order valence-electron chi connectivity index (χ3n) is 6.40. The quantitative estimate of drug-likeness (QED) is 0.570. The van der Waals surface area contributed by atoms with Gasteiger partial charge in [-0.05, 0) is 48.9 Å². The molecule has 33 heavy (non-hydrogen) atoms. The molecule has 4 heterocycles. The summed E-state index contributed by atoms with van der Waals surface area (Å²) in [6.45, 7) is 4.50. The summed E-state index contributed by atoms with van der Waals surface area (Å²) >= 11 is 0. The molecule has 0 N–H and O–H groups in total. The van der Waals surface area contributed by atoms with Crippen molar-refractivity contribution < 1.29 is 18.7 Å². The number of aromatic nitrogens is 3. The summed E-state index contributed by atoms with van der Waals surface area (Å²) in [5.41, 5.74) is 4.33. The van der Waals surface area contributed by atoms with Crippen LogP contribution in [0, 0.1) is 18.7 Å². The van der Waals surface area contributed by atoms with E-state index in [0.717, 1.165) is 48.4 Å². The molecule has 0 spiro atoms. The van der Waals surface area contributed by atoms with Crippen LogP contribution in [0.25, 0.3) is 11.1 Å². The number of hydrogen-bond acceptors (Lipinski definition) is 5. The van der Waals surface area contributed by atoms with Gasteiger partial charge in [0, 0.05) is 56.9 Å². The van der Waals surface area contributed by atoms with Crippen LogP contribution in [0.2, 0.25) is 0 Å². The number of aryl methyl sites for hydroxylation is 2. The van der Waals surface area contributed by atoms with Gasteiger partial charge in [-0.3, -0.25) is 9.48 Å². The fourth-order valence-corrected chi connectivity index (χ4v) is 4.56. The van der Waals surface area contributed by atoms with Gasteiger partial charge in [-0.1, -0.05) is 12.1 Å². The molecule has 172 valence electrons. The highest BCUT2D eigenvalue weighted by molar-refractivity contribution is 6.00. The highest BCUT2D eigenvalue weighted by Crippen LogP contribution is 2.32. The van der Waals surface area contributed by atoms with Crippen molar-refractivity contribution in [1.29, 1.82) is 0 Å². The maximum Gasteiger partial charge on any atom is 0.260 e. The first-order valence-electron chi connectivity index (χ1n) is 11.3. The van der Waals surface area contributed by atoms with Crippen LogP contribution in [0.3, 0.4) is 0 Å². The van der Waals surface area contributed by atoms with E-state index in [1.807, 2.05) is 32.3 Å². The van der Waals surface area contributed by atoms with E-state index in [2.05, 4.69) is 10.1 Å². The lowest BCUT2D eigenvalue weighted by Gasteiger charge is -2.22. The van der Waals surface area contributed by atoms with Crippen molar-refractivity contribution in [3.05, 3.63) is 64.9 Å². The number of amides is 1. The minimum Gasteiger partial charge on any atom is -0.477 e. The Bertz CT molecular complexity index is 1190. The number of hydrogen-bond donors (Lipinski definition) is 0. The molecular weight excluding hydrogens is 423 g/mol. The van der Waals surface area contributed by atoms with E-state index in [-0.39, 0.29) is 18.3 Å². The van der Waals surface area contributed by atoms with Gasteiger partial charge in [0.1, 0.15) is 11.4 Å². The number of rotatable bonds is 6. The highest BCUT2D eigenvalue weighted by atomic mass is 19.1. The lowest BCUT2D eigenvalue weighted by atomic mass is 10.0. The number of halogens is 1. The number of pyridine rings is 1. The Morgan fingerprint density at radius 3 is 2.79 bits per heavy atom. The topological polar surface area (TPSA) is 69.5 Å². The Hall–Kier alpha value is -3.26. The van der Waals surface area contributed by atoms with Crippen LogP contribution in [0.5, 0.6) is 5.88 Å². The van der Waals surface area contributed by atoms with Gasteiger partial charge in [0.15, 0.2) is 0 Å². The monoisotopic (exact) mass is 450 g/mol. The molecule has 0 saturated carbocycles. The predicted molar refractivity (Wildman–Crippen MR) is 120 cm³/mol. The maximum absolute atomic E-state index is 15.0. The zero-order valence-corrected chi connectivity index (χ0v) is 18.9. The number of fused-ring (bicyclic) bond motifs is 1. The molecule has 7 nitrogen and oxygen atoms in total. The van der Waals surface area contributed by atoms with E-state index < -0.39 is 0 Å². The van der Waals surface area contributed by atoms with Crippen molar-refractivity contribution >= 4 is 5.91 Å². The fourth-order valence-electron chi connectivity index (χ4n) is 4.56. The molecule has 1 amide bonds. The Labute approximate surface area is 192 Å². The van der Waals surface area contributed by atoms with Crippen molar-refractivity contribution in [3.8, 4) is 17.0 Å². The molecule has 8 heteroatoms. The largest absolute Gasteiger partial charge is 0.477 e. The van der Waals surface area contributed by atoms with Gasteiger partial charge in [0.2, 0.25) is 5.88 Å². The number of carbonyl (C=O) groups is 1. The second-order valence-corrected chi connectivity index (χ2v) is 8.79. The fraction of sp³-hybridized carbons (Fsp3) is 0.400. The van der Waals surface area contributed by atoms with Crippen LogP contribution >= 0.6 is 0 Å². The molecular formula is C25H27FN4O3. The standard InChI is InChI=1S/C25H27FN4O3/c1-16-21(14-29(2)28-16)18-3-4-19(22(26)11-18)12-30-13-20-5-8-27-24(23(20)25(30)31)33-15-17-6-9-32-10-7-17/h3-5,8,11,14,17H,6-7,9-10,12-13,15H2,1-2H3. The SMILES string of the molecule is Cc1nn(C)cc1-c1ccc(CN2Cc3ccnc(OCC4CCOCC4)c3C2=O)c(F)c1. The van der Waals surface area contributed by atoms with Crippen molar-refractivity contribution in [2.45, 2.75) is 32.9 Å². The predicted octanol–water partition coefficient (Wildman–Crippen LogP) is 3.89. The van der Waals surface area contributed by atoms with Crippen LogP contribution < -0.4 is 4.74 Å². The Morgan fingerprint density at radius 2 is 2.06 bits per heavy atom. The van der Waals surface area contributed by atoms with Gasteiger partial charge < -0.3 is 14.4 Å². The van der Waals surface area contributed by atoms with Crippen molar-refractivity contribution in [3.63, 3.8) is 0 Å². The number of ether oxygens (including phenoxy) is 2. The normalized spacial score (nSPS) is 16.3. The third kappa shape index (κ3) is 4.35. The van der Waals surface area contributed by atoms with E-state index in [1.165, 1.54) is 6.07 Å². The molecule has 2 aliphatic rings. The summed E-state index contributed by atoms with van der Waals surface area (Å²) in [6, 6.07) is 6.96. The van der Waals surface area contributed by atoms with Gasteiger partial charge in [0.25, 0.3) is 5.91 Å². The van der Waals surface area contributed by atoms with E-state index in [1.54, 1.807) is 21.8 Å². The minimum absolute atomic E-state index is 0.174. The van der Waals surface area contributed by atoms with Gasteiger partial charge in [-0.15, -0.1) is 0 Å². The second-order valence-electron chi connectivity index (χ2n) is 8.79. The summed E-state index contributed by atoms with van der Waals surface area (Å²) in [4.78, 5) is 19.1. The molecule has 5 rings (SSSR count). The zero-order chi connectivity index (χ0) is 22.9. The van der Waals surface area contributed by atoms with Crippen molar-refractivity contribution in [2.75, 3.05) is 19.8 Å². The molecule has 0 bridgehead atoms. The van der Waals surface area contributed by atoms with Crippen molar-refractivity contribution in [2.24, 2.45) is 13.0 Å². The van der Waals surface area contributed by atoms with Crippen molar-refractivity contribution in [1.82, 2.24) is 19.7 Å². The molecule has 2 aliphatic heterocycles. The molecule has 1 saturated heterocycles. The number of nitrogens with zero attached hydrogens (tertiary/aromatic N) is 4. The molecule has 2 aromatic heterocycles. The number of benzene rings is 1. The summed E-state index contributed by atoms with van der Waals surface area (Å²) in [6.07, 6.45) is 5.44. The first-order valence-corrected chi connectivity index (χ1v) is 11.3. The summed E-state index contributed by atoms with van der Waals surface area (Å²) in [5.74, 6) is 0.259.